The molecular formula is C28H45N3O4S. The molecule has 1 fully saturated rings. The summed E-state index contributed by atoms with van der Waals surface area (Å²) in [5.74, 6) is -0.422. The van der Waals surface area contributed by atoms with Gasteiger partial charge in [0, 0.05) is 18.3 Å². The first kappa shape index (κ1) is 30.0. The average Bonchev–Trinajstić information content (AvgIpc) is 2.81. The van der Waals surface area contributed by atoms with E-state index in [1.807, 2.05) is 39.0 Å². The quantitative estimate of drug-likeness (QED) is 0.369. The Bertz CT molecular complexity index is 893. The number of aryl methyl sites for hydroxylation is 1. The number of unbranched alkanes of at least 4 members (excludes halogenated alkanes) is 1. The van der Waals surface area contributed by atoms with Crippen molar-refractivity contribution in [2.75, 3.05) is 12.3 Å². The van der Waals surface area contributed by atoms with Crippen LogP contribution in [0.25, 0.3) is 0 Å². The van der Waals surface area contributed by atoms with Gasteiger partial charge in [-0.1, -0.05) is 50.8 Å². The molecule has 202 valence electrons. The molecule has 0 heterocycles. The van der Waals surface area contributed by atoms with Gasteiger partial charge in [0.2, 0.25) is 11.8 Å². The van der Waals surface area contributed by atoms with E-state index < -0.39 is 23.8 Å². The summed E-state index contributed by atoms with van der Waals surface area (Å²) in [6.07, 6.45) is 6.20. The lowest BCUT2D eigenvalue weighted by molar-refractivity contribution is -0.142. The van der Waals surface area contributed by atoms with Gasteiger partial charge in [-0.25, -0.2) is 4.79 Å². The van der Waals surface area contributed by atoms with Crippen molar-refractivity contribution in [3.63, 3.8) is 0 Å². The Labute approximate surface area is 222 Å². The molecule has 0 saturated heterocycles. The summed E-state index contributed by atoms with van der Waals surface area (Å²) in [7, 11) is 0. The van der Waals surface area contributed by atoms with Crippen molar-refractivity contribution in [1.82, 2.24) is 15.5 Å². The topological polar surface area (TPSA) is 87.7 Å². The monoisotopic (exact) mass is 519 g/mol. The summed E-state index contributed by atoms with van der Waals surface area (Å²) >= 11 is 4.36. The molecule has 1 aliphatic rings. The van der Waals surface area contributed by atoms with Crippen LogP contribution in [0.5, 0.6) is 0 Å². The number of nitrogens with zero attached hydrogens (tertiary/aromatic N) is 1. The smallest absolute Gasteiger partial charge is 0.408 e. The van der Waals surface area contributed by atoms with Crippen LogP contribution in [0, 0.1) is 13.8 Å². The second kappa shape index (κ2) is 13.9. The number of rotatable bonds is 10. The fourth-order valence-electron chi connectivity index (χ4n) is 4.58. The summed E-state index contributed by atoms with van der Waals surface area (Å²) in [6, 6.07) is 4.26. The Morgan fingerprint density at radius 3 is 2.39 bits per heavy atom. The Hall–Kier alpha value is -2.22. The molecule has 0 spiro atoms. The molecule has 0 aromatic heterocycles. The number of alkyl carbamates (subject to hydrolysis) is 1. The lowest BCUT2D eigenvalue weighted by atomic mass is 9.92. The number of amides is 3. The van der Waals surface area contributed by atoms with Crippen molar-refractivity contribution in [1.29, 1.82) is 0 Å². The maximum atomic E-state index is 13.9. The van der Waals surface area contributed by atoms with Gasteiger partial charge in [0.15, 0.2) is 0 Å². The van der Waals surface area contributed by atoms with Crippen LogP contribution in [-0.4, -0.2) is 52.8 Å². The number of hydrogen-bond acceptors (Lipinski definition) is 5. The van der Waals surface area contributed by atoms with Gasteiger partial charge >= 0.3 is 6.09 Å². The minimum atomic E-state index is -0.921. The van der Waals surface area contributed by atoms with E-state index in [4.69, 9.17) is 4.74 Å². The molecule has 0 aliphatic heterocycles. The Kier molecular flexibility index (Phi) is 11.6. The minimum Gasteiger partial charge on any atom is -0.444 e. The fraction of sp³-hybridized carbons (Fsp3) is 0.679. The van der Waals surface area contributed by atoms with Gasteiger partial charge < -0.3 is 20.3 Å². The molecule has 36 heavy (non-hydrogen) atoms. The van der Waals surface area contributed by atoms with Gasteiger partial charge in [-0.15, -0.1) is 0 Å². The summed E-state index contributed by atoms with van der Waals surface area (Å²) in [6.45, 7) is 11.7. The van der Waals surface area contributed by atoms with E-state index in [1.54, 1.807) is 25.7 Å². The summed E-state index contributed by atoms with van der Waals surface area (Å²) in [5.41, 5.74) is 2.15. The molecular weight excluding hydrogens is 474 g/mol. The highest BCUT2D eigenvalue weighted by molar-refractivity contribution is 7.80. The van der Waals surface area contributed by atoms with E-state index in [0.29, 0.717) is 6.54 Å². The van der Waals surface area contributed by atoms with E-state index in [-0.39, 0.29) is 23.6 Å². The molecule has 1 aromatic rings. The standard InChI is InChI=1S/C28H45N3O4S/c1-7-8-17-31(26(33)23(18-36)30-27(34)35-28(4,5)6)24(22-16-12-13-19(2)20(22)3)25(32)29-21-14-10-9-11-15-21/h12-13,16,21,23-24,36H,7-11,14-15,17-18H2,1-6H3,(H,29,32)(H,30,34). The van der Waals surface area contributed by atoms with Gasteiger partial charge in [-0.05, 0) is 70.6 Å². The molecule has 8 heteroatoms. The highest BCUT2D eigenvalue weighted by Crippen LogP contribution is 2.29. The number of benzene rings is 1. The van der Waals surface area contributed by atoms with Crippen LogP contribution >= 0.6 is 12.6 Å². The number of carbonyl (C=O) groups is 3. The number of carbonyl (C=O) groups excluding carboxylic acids is 3. The van der Waals surface area contributed by atoms with Crippen LogP contribution in [0.1, 0.15) is 95.4 Å². The third kappa shape index (κ3) is 8.71. The highest BCUT2D eigenvalue weighted by atomic mass is 32.1. The molecule has 0 radical (unpaired) electrons. The third-order valence-electron chi connectivity index (χ3n) is 6.66. The van der Waals surface area contributed by atoms with Crippen molar-refractivity contribution < 1.29 is 19.1 Å². The molecule has 7 nitrogen and oxygen atoms in total. The number of thiol groups is 1. The van der Waals surface area contributed by atoms with Crippen LogP contribution in [0.15, 0.2) is 18.2 Å². The van der Waals surface area contributed by atoms with Crippen LogP contribution in [0.3, 0.4) is 0 Å². The average molecular weight is 520 g/mol. The molecule has 3 amide bonds. The van der Waals surface area contributed by atoms with E-state index in [0.717, 1.165) is 55.2 Å². The highest BCUT2D eigenvalue weighted by Gasteiger charge is 2.37. The third-order valence-corrected chi connectivity index (χ3v) is 7.03. The predicted molar refractivity (Wildman–Crippen MR) is 147 cm³/mol. The first-order chi connectivity index (χ1) is 17.0. The van der Waals surface area contributed by atoms with Crippen molar-refractivity contribution in [3.05, 3.63) is 34.9 Å². The summed E-state index contributed by atoms with van der Waals surface area (Å²) in [5, 5.41) is 5.91. The Morgan fingerprint density at radius 1 is 1.14 bits per heavy atom. The van der Waals surface area contributed by atoms with E-state index in [1.165, 1.54) is 6.42 Å². The fourth-order valence-corrected chi connectivity index (χ4v) is 4.83. The molecule has 1 saturated carbocycles. The van der Waals surface area contributed by atoms with E-state index in [2.05, 4.69) is 23.3 Å². The maximum Gasteiger partial charge on any atom is 0.408 e. The van der Waals surface area contributed by atoms with Crippen molar-refractivity contribution in [2.24, 2.45) is 0 Å². The second-order valence-electron chi connectivity index (χ2n) is 10.8. The molecule has 2 unspecified atom stereocenters. The molecule has 0 bridgehead atoms. The summed E-state index contributed by atoms with van der Waals surface area (Å²) in [4.78, 5) is 41.9. The lowest BCUT2D eigenvalue weighted by Gasteiger charge is -2.36. The zero-order valence-electron chi connectivity index (χ0n) is 22.9. The predicted octanol–water partition coefficient (Wildman–Crippen LogP) is 5.25. The van der Waals surface area contributed by atoms with Gasteiger partial charge in [-0.3, -0.25) is 9.59 Å². The molecule has 1 aromatic carbocycles. The first-order valence-electron chi connectivity index (χ1n) is 13.3. The van der Waals surface area contributed by atoms with E-state index in [9.17, 15) is 14.4 Å². The van der Waals surface area contributed by atoms with Crippen LogP contribution in [-0.2, 0) is 14.3 Å². The zero-order valence-corrected chi connectivity index (χ0v) is 23.7. The van der Waals surface area contributed by atoms with Gasteiger partial charge in [0.05, 0.1) is 0 Å². The lowest BCUT2D eigenvalue weighted by Crippen LogP contribution is -2.54. The minimum absolute atomic E-state index is 0.0878. The molecule has 2 rings (SSSR count). The molecule has 1 aliphatic carbocycles. The van der Waals surface area contributed by atoms with Gasteiger partial charge in [-0.2, -0.15) is 12.6 Å². The van der Waals surface area contributed by atoms with E-state index >= 15 is 0 Å². The Balaban J connectivity index is 2.44. The van der Waals surface area contributed by atoms with Crippen molar-refractivity contribution >= 4 is 30.5 Å². The van der Waals surface area contributed by atoms with Gasteiger partial charge in [0.1, 0.15) is 17.7 Å². The zero-order chi connectivity index (χ0) is 26.9. The SMILES string of the molecule is CCCCN(C(=O)C(CS)NC(=O)OC(C)(C)C)C(C(=O)NC1CCCCC1)c1cccc(C)c1C. The maximum absolute atomic E-state index is 13.9. The second-order valence-corrected chi connectivity index (χ2v) is 11.2. The molecule has 2 N–H and O–H groups in total. The van der Waals surface area contributed by atoms with Crippen LogP contribution in [0.2, 0.25) is 0 Å². The Morgan fingerprint density at radius 2 is 1.81 bits per heavy atom. The van der Waals surface area contributed by atoms with Gasteiger partial charge in [0.25, 0.3) is 0 Å². The van der Waals surface area contributed by atoms with Crippen LogP contribution in [0.4, 0.5) is 4.79 Å². The number of hydrogen-bond donors (Lipinski definition) is 3. The first-order valence-corrected chi connectivity index (χ1v) is 13.9. The van der Waals surface area contributed by atoms with Crippen LogP contribution < -0.4 is 10.6 Å². The number of nitrogens with one attached hydrogen (secondary N) is 2. The molecule has 2 atom stereocenters. The normalized spacial score (nSPS) is 16.1. The summed E-state index contributed by atoms with van der Waals surface area (Å²) < 4.78 is 5.37. The largest absolute Gasteiger partial charge is 0.444 e. The van der Waals surface area contributed by atoms with Crippen molar-refractivity contribution in [2.45, 2.75) is 110 Å². The number of ether oxygens (including phenoxy) is 1. The van der Waals surface area contributed by atoms with Crippen molar-refractivity contribution in [3.8, 4) is 0 Å².